The zero-order valence-electron chi connectivity index (χ0n) is 13.7. The highest BCUT2D eigenvalue weighted by Gasteiger charge is 2.34. The summed E-state index contributed by atoms with van der Waals surface area (Å²) >= 11 is 5.92. The molecular formula is C18H22Cl3N3O. The van der Waals surface area contributed by atoms with Crippen LogP contribution in [0, 0.1) is 0 Å². The molecule has 0 bridgehead atoms. The number of pyridine rings is 1. The van der Waals surface area contributed by atoms with Gasteiger partial charge in [0.2, 0.25) is 0 Å². The number of aromatic nitrogens is 1. The topological polar surface area (TPSA) is 68.0 Å². The Bertz CT molecular complexity index is 701. The lowest BCUT2D eigenvalue weighted by molar-refractivity contribution is 0.0903. The summed E-state index contributed by atoms with van der Waals surface area (Å²) in [5.74, 6) is -0.110. The number of rotatable bonds is 4. The third-order valence-corrected chi connectivity index (χ3v) is 4.76. The van der Waals surface area contributed by atoms with E-state index < -0.39 is 0 Å². The van der Waals surface area contributed by atoms with Gasteiger partial charge in [0.1, 0.15) is 0 Å². The molecule has 2 aromatic rings. The van der Waals surface area contributed by atoms with E-state index in [9.17, 15) is 4.79 Å². The summed E-state index contributed by atoms with van der Waals surface area (Å²) < 4.78 is 0. The van der Waals surface area contributed by atoms with Crippen molar-refractivity contribution in [3.63, 3.8) is 0 Å². The van der Waals surface area contributed by atoms with Gasteiger partial charge in [0.25, 0.3) is 5.91 Å². The highest BCUT2D eigenvalue weighted by atomic mass is 35.5. The van der Waals surface area contributed by atoms with Gasteiger partial charge in [-0.3, -0.25) is 9.78 Å². The Morgan fingerprint density at radius 3 is 2.36 bits per heavy atom. The van der Waals surface area contributed by atoms with E-state index in [1.54, 1.807) is 12.4 Å². The molecule has 7 heteroatoms. The normalized spacial score (nSPS) is 15.0. The number of amides is 1. The molecule has 0 atom stereocenters. The van der Waals surface area contributed by atoms with E-state index in [1.807, 2.05) is 30.3 Å². The molecule has 0 aliphatic heterocycles. The minimum atomic E-state index is -0.257. The molecule has 25 heavy (non-hydrogen) atoms. The summed E-state index contributed by atoms with van der Waals surface area (Å²) in [4.78, 5) is 16.8. The predicted molar refractivity (Wildman–Crippen MR) is 107 cm³/mol. The van der Waals surface area contributed by atoms with Crippen molar-refractivity contribution in [2.24, 2.45) is 5.73 Å². The second kappa shape index (κ2) is 9.39. The zero-order valence-corrected chi connectivity index (χ0v) is 16.1. The lowest BCUT2D eigenvalue weighted by atomic mass is 9.97. The predicted octanol–water partition coefficient (Wildman–Crippen LogP) is 4.25. The molecule has 0 saturated heterocycles. The number of benzene rings is 1. The lowest BCUT2D eigenvalue weighted by Gasteiger charge is -2.28. The van der Waals surface area contributed by atoms with Gasteiger partial charge in [0, 0.05) is 29.5 Å². The Hall–Kier alpha value is -1.33. The Labute approximate surface area is 165 Å². The number of halogens is 3. The van der Waals surface area contributed by atoms with Crippen molar-refractivity contribution < 1.29 is 4.79 Å². The Morgan fingerprint density at radius 2 is 1.76 bits per heavy atom. The van der Waals surface area contributed by atoms with Gasteiger partial charge in [-0.25, -0.2) is 0 Å². The van der Waals surface area contributed by atoms with Crippen LogP contribution in [-0.4, -0.2) is 23.0 Å². The number of hydrogen-bond donors (Lipinski definition) is 2. The standard InChI is InChI=1S/C18H20ClN3O.2ClH/c19-16-5-3-13(4-6-16)14-9-15(11-21-10-14)17(23)22-18(12-20)7-1-2-8-18;;/h3-6,9-11H,1-2,7-8,12,20H2,(H,22,23);2*1H. The molecular weight excluding hydrogens is 381 g/mol. The number of carbonyl (C=O) groups is 1. The van der Waals surface area contributed by atoms with Crippen molar-refractivity contribution in [2.45, 2.75) is 31.2 Å². The van der Waals surface area contributed by atoms with Crippen LogP contribution in [0.5, 0.6) is 0 Å². The molecule has 136 valence electrons. The minimum absolute atomic E-state index is 0. The van der Waals surface area contributed by atoms with Gasteiger partial charge in [-0.05, 0) is 36.6 Å². The van der Waals surface area contributed by atoms with E-state index in [2.05, 4.69) is 10.3 Å². The molecule has 0 radical (unpaired) electrons. The highest BCUT2D eigenvalue weighted by Crippen LogP contribution is 2.29. The third kappa shape index (κ3) is 5.08. The van der Waals surface area contributed by atoms with Crippen molar-refractivity contribution in [3.8, 4) is 11.1 Å². The lowest BCUT2D eigenvalue weighted by Crippen LogP contribution is -2.51. The summed E-state index contributed by atoms with van der Waals surface area (Å²) in [6, 6.07) is 9.33. The smallest absolute Gasteiger partial charge is 0.253 e. The Balaban J connectivity index is 0.00000156. The van der Waals surface area contributed by atoms with Crippen molar-refractivity contribution in [1.29, 1.82) is 0 Å². The van der Waals surface area contributed by atoms with Crippen LogP contribution in [0.15, 0.2) is 42.7 Å². The molecule has 1 aliphatic carbocycles. The summed E-state index contributed by atoms with van der Waals surface area (Å²) in [7, 11) is 0. The Morgan fingerprint density at radius 1 is 1.12 bits per heavy atom. The van der Waals surface area contributed by atoms with E-state index in [1.165, 1.54) is 0 Å². The monoisotopic (exact) mass is 401 g/mol. The second-order valence-corrected chi connectivity index (χ2v) is 6.55. The average molecular weight is 403 g/mol. The third-order valence-electron chi connectivity index (χ3n) is 4.51. The number of carbonyl (C=O) groups excluding carboxylic acids is 1. The van der Waals surface area contributed by atoms with Gasteiger partial charge in [-0.15, -0.1) is 24.8 Å². The van der Waals surface area contributed by atoms with Crippen LogP contribution in [0.4, 0.5) is 0 Å². The maximum Gasteiger partial charge on any atom is 0.253 e. The molecule has 1 aromatic carbocycles. The van der Waals surface area contributed by atoms with Crippen LogP contribution in [0.3, 0.4) is 0 Å². The van der Waals surface area contributed by atoms with Crippen LogP contribution in [0.25, 0.3) is 11.1 Å². The van der Waals surface area contributed by atoms with Crippen LogP contribution in [0.1, 0.15) is 36.0 Å². The maximum atomic E-state index is 12.6. The number of nitrogens with zero attached hydrogens (tertiary/aromatic N) is 1. The quantitative estimate of drug-likeness (QED) is 0.803. The summed E-state index contributed by atoms with van der Waals surface area (Å²) in [5, 5.41) is 3.80. The summed E-state index contributed by atoms with van der Waals surface area (Å²) in [6.07, 6.45) is 7.45. The van der Waals surface area contributed by atoms with Crippen molar-refractivity contribution in [2.75, 3.05) is 6.54 Å². The fraction of sp³-hybridized carbons (Fsp3) is 0.333. The number of nitrogens with two attached hydrogens (primary N) is 1. The van der Waals surface area contributed by atoms with Gasteiger partial charge in [-0.1, -0.05) is 36.6 Å². The van der Waals surface area contributed by atoms with E-state index in [-0.39, 0.29) is 36.3 Å². The van der Waals surface area contributed by atoms with Gasteiger partial charge in [0.05, 0.1) is 11.1 Å². The second-order valence-electron chi connectivity index (χ2n) is 6.11. The molecule has 1 aromatic heterocycles. The first kappa shape index (κ1) is 21.7. The molecule has 4 nitrogen and oxygen atoms in total. The molecule has 1 amide bonds. The highest BCUT2D eigenvalue weighted by molar-refractivity contribution is 6.30. The first-order chi connectivity index (χ1) is 11.1. The van der Waals surface area contributed by atoms with Crippen LogP contribution < -0.4 is 11.1 Å². The first-order valence-corrected chi connectivity index (χ1v) is 8.23. The fourth-order valence-electron chi connectivity index (χ4n) is 3.11. The molecule has 0 spiro atoms. The van der Waals surface area contributed by atoms with E-state index >= 15 is 0 Å². The van der Waals surface area contributed by atoms with Crippen LogP contribution >= 0.6 is 36.4 Å². The summed E-state index contributed by atoms with van der Waals surface area (Å²) in [5.41, 5.74) is 8.05. The van der Waals surface area contributed by atoms with E-state index in [4.69, 9.17) is 17.3 Å². The summed E-state index contributed by atoms with van der Waals surface area (Å²) in [6.45, 7) is 0.475. The van der Waals surface area contributed by atoms with Crippen LogP contribution in [-0.2, 0) is 0 Å². The molecule has 1 saturated carbocycles. The molecule has 1 fully saturated rings. The van der Waals surface area contributed by atoms with E-state index in [0.29, 0.717) is 17.1 Å². The number of hydrogen-bond acceptors (Lipinski definition) is 3. The van der Waals surface area contributed by atoms with Gasteiger partial charge >= 0.3 is 0 Å². The number of nitrogens with one attached hydrogen (secondary N) is 1. The molecule has 1 heterocycles. The SMILES string of the molecule is Cl.Cl.NCC1(NC(=O)c2cncc(-c3ccc(Cl)cc3)c2)CCCC1. The average Bonchev–Trinajstić information content (AvgIpc) is 3.05. The maximum absolute atomic E-state index is 12.6. The molecule has 1 aliphatic rings. The van der Waals surface area contributed by atoms with Gasteiger partial charge in [-0.2, -0.15) is 0 Å². The Kier molecular flexibility index (Phi) is 8.16. The van der Waals surface area contributed by atoms with Gasteiger partial charge < -0.3 is 11.1 Å². The minimum Gasteiger partial charge on any atom is -0.345 e. The largest absolute Gasteiger partial charge is 0.345 e. The molecule has 0 unspecified atom stereocenters. The van der Waals surface area contributed by atoms with Crippen molar-refractivity contribution in [3.05, 3.63) is 53.3 Å². The van der Waals surface area contributed by atoms with Gasteiger partial charge in [0.15, 0.2) is 0 Å². The van der Waals surface area contributed by atoms with Crippen molar-refractivity contribution >= 4 is 42.3 Å². The fourth-order valence-corrected chi connectivity index (χ4v) is 3.24. The molecule has 3 rings (SSSR count). The van der Waals surface area contributed by atoms with Crippen LogP contribution in [0.2, 0.25) is 5.02 Å². The molecule has 3 N–H and O–H groups in total. The van der Waals surface area contributed by atoms with E-state index in [0.717, 1.165) is 36.8 Å². The first-order valence-electron chi connectivity index (χ1n) is 7.85. The zero-order chi connectivity index (χ0) is 16.3. The van der Waals surface area contributed by atoms with Crippen molar-refractivity contribution in [1.82, 2.24) is 10.3 Å².